The first kappa shape index (κ1) is 25.2. The maximum absolute atomic E-state index is 13.9. The Morgan fingerprint density at radius 2 is 1.84 bits per heavy atom. The highest BCUT2D eigenvalue weighted by molar-refractivity contribution is 7.14. The molecule has 0 unspecified atom stereocenters. The van der Waals surface area contributed by atoms with Crippen LogP contribution >= 0.6 is 11.3 Å². The van der Waals surface area contributed by atoms with Crippen molar-refractivity contribution >= 4 is 34.5 Å². The summed E-state index contributed by atoms with van der Waals surface area (Å²) in [7, 11) is 1.59. The van der Waals surface area contributed by atoms with Crippen molar-refractivity contribution in [2.75, 3.05) is 11.9 Å². The number of benzene rings is 1. The van der Waals surface area contributed by atoms with Crippen molar-refractivity contribution in [2.24, 2.45) is 7.05 Å². The molecule has 4 aromatic heterocycles. The number of halogens is 3. The summed E-state index contributed by atoms with van der Waals surface area (Å²) in [5, 5.41) is 6.82. The number of alkyl halides is 3. The van der Waals surface area contributed by atoms with E-state index in [1.165, 1.54) is 33.6 Å². The normalized spacial score (nSPS) is 11.6. The number of hydrogen-bond donors (Lipinski definition) is 1. The number of nitrogens with zero attached hydrogens (tertiary/aromatic N) is 4. The predicted molar refractivity (Wildman–Crippen MR) is 136 cm³/mol. The minimum Gasteiger partial charge on any atom is -0.461 e. The number of anilines is 1. The van der Waals surface area contributed by atoms with E-state index in [0.29, 0.717) is 16.9 Å². The molecule has 5 rings (SSSR count). The standard InChI is InChI=1S/C26H20F3N5O3S/c1-3-37-25(36)19-14-30-23-21(16(9-12-34(19)23)15-7-5-4-6-8-15)31-24(35)20-13-17(18-10-11-33(2)32-18)22(38-20)26(27,28)29/h4-14H,3H2,1-2H3,(H,31,35). The Morgan fingerprint density at radius 1 is 1.08 bits per heavy atom. The molecule has 0 saturated heterocycles. The summed E-state index contributed by atoms with van der Waals surface area (Å²) >= 11 is 0.334. The zero-order valence-corrected chi connectivity index (χ0v) is 20.9. The van der Waals surface area contributed by atoms with Crippen LogP contribution in [0.1, 0.15) is 32.0 Å². The van der Waals surface area contributed by atoms with E-state index in [-0.39, 0.29) is 39.8 Å². The number of carbonyl (C=O) groups excluding carboxylic acids is 2. The van der Waals surface area contributed by atoms with Gasteiger partial charge in [-0.15, -0.1) is 11.3 Å². The second kappa shape index (κ2) is 9.78. The van der Waals surface area contributed by atoms with Gasteiger partial charge in [0.15, 0.2) is 11.3 Å². The molecule has 38 heavy (non-hydrogen) atoms. The Hall–Kier alpha value is -4.45. The Kier molecular flexibility index (Phi) is 6.49. The Labute approximate surface area is 218 Å². The van der Waals surface area contributed by atoms with E-state index in [1.807, 2.05) is 30.3 Å². The number of nitrogens with one attached hydrogen (secondary N) is 1. The fraction of sp³-hybridized carbons (Fsp3) is 0.154. The van der Waals surface area contributed by atoms with E-state index < -0.39 is 22.9 Å². The van der Waals surface area contributed by atoms with Crippen LogP contribution in [-0.4, -0.2) is 37.6 Å². The molecule has 12 heteroatoms. The van der Waals surface area contributed by atoms with Crippen LogP contribution in [0.25, 0.3) is 28.0 Å². The number of carbonyl (C=O) groups is 2. The lowest BCUT2D eigenvalue weighted by Crippen LogP contribution is -2.13. The van der Waals surface area contributed by atoms with Gasteiger partial charge in [0, 0.05) is 30.6 Å². The van der Waals surface area contributed by atoms with Crippen LogP contribution in [0.5, 0.6) is 0 Å². The van der Waals surface area contributed by atoms with Gasteiger partial charge in [-0.25, -0.2) is 9.78 Å². The van der Waals surface area contributed by atoms with E-state index in [4.69, 9.17) is 4.74 Å². The first-order valence-electron chi connectivity index (χ1n) is 11.4. The summed E-state index contributed by atoms with van der Waals surface area (Å²) in [4.78, 5) is 29.1. The topological polar surface area (TPSA) is 90.5 Å². The van der Waals surface area contributed by atoms with Crippen molar-refractivity contribution in [1.29, 1.82) is 0 Å². The molecular formula is C26H20F3N5O3S. The summed E-state index contributed by atoms with van der Waals surface area (Å²) in [6.45, 7) is 1.84. The number of amides is 1. The van der Waals surface area contributed by atoms with Crippen molar-refractivity contribution in [3.05, 3.63) is 82.6 Å². The van der Waals surface area contributed by atoms with Crippen LogP contribution in [-0.2, 0) is 18.0 Å². The van der Waals surface area contributed by atoms with Crippen molar-refractivity contribution in [3.63, 3.8) is 0 Å². The van der Waals surface area contributed by atoms with Gasteiger partial charge in [-0.1, -0.05) is 30.3 Å². The molecule has 0 saturated carbocycles. The summed E-state index contributed by atoms with van der Waals surface area (Å²) in [5.41, 5.74) is 1.85. The van der Waals surface area contributed by atoms with Gasteiger partial charge in [-0.05, 0) is 30.7 Å². The number of ether oxygens (including phenoxy) is 1. The Morgan fingerprint density at radius 3 is 2.50 bits per heavy atom. The van der Waals surface area contributed by atoms with Crippen LogP contribution in [0.2, 0.25) is 0 Å². The van der Waals surface area contributed by atoms with E-state index in [2.05, 4.69) is 15.4 Å². The maximum atomic E-state index is 13.9. The molecule has 8 nitrogen and oxygen atoms in total. The number of fused-ring (bicyclic) bond motifs is 1. The van der Waals surface area contributed by atoms with Crippen LogP contribution in [0.3, 0.4) is 0 Å². The molecule has 0 spiro atoms. The molecule has 0 atom stereocenters. The van der Waals surface area contributed by atoms with Crippen molar-refractivity contribution < 1.29 is 27.5 Å². The smallest absolute Gasteiger partial charge is 0.426 e. The molecular weight excluding hydrogens is 519 g/mol. The predicted octanol–water partition coefficient (Wildman–Crippen LogP) is 5.91. The van der Waals surface area contributed by atoms with Gasteiger partial charge < -0.3 is 10.1 Å². The van der Waals surface area contributed by atoms with E-state index in [1.54, 1.807) is 26.2 Å². The number of pyridine rings is 1. The average molecular weight is 540 g/mol. The molecule has 4 heterocycles. The van der Waals surface area contributed by atoms with Crippen LogP contribution in [0.15, 0.2) is 67.1 Å². The van der Waals surface area contributed by atoms with Gasteiger partial charge in [-0.3, -0.25) is 13.9 Å². The van der Waals surface area contributed by atoms with Gasteiger partial charge in [0.25, 0.3) is 5.91 Å². The summed E-state index contributed by atoms with van der Waals surface area (Å²) in [6.07, 6.45) is -0.204. The maximum Gasteiger partial charge on any atom is 0.426 e. The highest BCUT2D eigenvalue weighted by Gasteiger charge is 2.38. The molecule has 5 aromatic rings. The quantitative estimate of drug-likeness (QED) is 0.271. The molecule has 0 bridgehead atoms. The lowest BCUT2D eigenvalue weighted by molar-refractivity contribution is -0.133. The van der Waals surface area contributed by atoms with Gasteiger partial charge in [0.05, 0.1) is 29.1 Å². The SMILES string of the molecule is CCOC(=O)c1cnc2c(NC(=O)c3cc(-c4ccn(C)n4)c(C(F)(F)F)s3)c(-c3ccccc3)ccn12. The zero-order chi connectivity index (χ0) is 27.0. The number of esters is 1. The number of thiophene rings is 1. The molecule has 0 aliphatic rings. The largest absolute Gasteiger partial charge is 0.461 e. The molecule has 0 fully saturated rings. The van der Waals surface area contributed by atoms with Crippen molar-refractivity contribution in [2.45, 2.75) is 13.1 Å². The average Bonchev–Trinajstić information content (AvgIpc) is 3.62. The first-order chi connectivity index (χ1) is 18.2. The van der Waals surface area contributed by atoms with E-state index >= 15 is 0 Å². The minimum atomic E-state index is -4.68. The Balaban J connectivity index is 1.61. The fourth-order valence-corrected chi connectivity index (χ4v) is 4.95. The fourth-order valence-electron chi connectivity index (χ4n) is 4.02. The third kappa shape index (κ3) is 4.65. The molecule has 0 aliphatic heterocycles. The van der Waals surface area contributed by atoms with Crippen LogP contribution < -0.4 is 5.32 Å². The minimum absolute atomic E-state index is 0.106. The lowest BCUT2D eigenvalue weighted by atomic mass is 10.0. The molecule has 1 N–H and O–H groups in total. The molecule has 0 radical (unpaired) electrons. The summed E-state index contributed by atoms with van der Waals surface area (Å²) in [6, 6.07) is 13.4. The van der Waals surface area contributed by atoms with Crippen molar-refractivity contribution in [1.82, 2.24) is 19.2 Å². The number of hydrogen-bond acceptors (Lipinski definition) is 6. The third-order valence-corrected chi connectivity index (χ3v) is 6.87. The summed E-state index contributed by atoms with van der Waals surface area (Å²) in [5.74, 6) is -1.36. The number of aromatic nitrogens is 4. The van der Waals surface area contributed by atoms with Crippen LogP contribution in [0.4, 0.5) is 18.9 Å². The number of rotatable bonds is 6. The highest BCUT2D eigenvalue weighted by atomic mass is 32.1. The van der Waals surface area contributed by atoms with Gasteiger partial charge in [-0.2, -0.15) is 18.3 Å². The number of aryl methyl sites for hydroxylation is 1. The second-order valence-corrected chi connectivity index (χ2v) is 9.26. The molecule has 1 amide bonds. The van der Waals surface area contributed by atoms with E-state index in [0.717, 1.165) is 5.56 Å². The highest BCUT2D eigenvalue weighted by Crippen LogP contribution is 2.43. The summed E-state index contributed by atoms with van der Waals surface area (Å²) < 4.78 is 49.5. The van der Waals surface area contributed by atoms with Gasteiger partial charge in [0.1, 0.15) is 4.88 Å². The van der Waals surface area contributed by atoms with Gasteiger partial charge >= 0.3 is 12.1 Å². The lowest BCUT2D eigenvalue weighted by Gasteiger charge is -2.13. The van der Waals surface area contributed by atoms with Crippen LogP contribution in [0, 0.1) is 0 Å². The third-order valence-electron chi connectivity index (χ3n) is 5.69. The van der Waals surface area contributed by atoms with Gasteiger partial charge in [0.2, 0.25) is 0 Å². The molecule has 194 valence electrons. The molecule has 1 aromatic carbocycles. The second-order valence-electron chi connectivity index (χ2n) is 8.21. The monoisotopic (exact) mass is 539 g/mol. The Bertz CT molecular complexity index is 1650. The van der Waals surface area contributed by atoms with Crippen molar-refractivity contribution in [3.8, 4) is 22.4 Å². The first-order valence-corrected chi connectivity index (χ1v) is 12.2. The number of imidazole rings is 1. The zero-order valence-electron chi connectivity index (χ0n) is 20.1. The van der Waals surface area contributed by atoms with E-state index in [9.17, 15) is 22.8 Å². The molecule has 0 aliphatic carbocycles.